The number of carbonyl (C=O) groups is 2. The van der Waals surface area contributed by atoms with Gasteiger partial charge in [0.1, 0.15) is 5.82 Å². The number of hydrogen-bond donors (Lipinski definition) is 0. The van der Waals surface area contributed by atoms with Gasteiger partial charge in [0.2, 0.25) is 5.91 Å². The number of methoxy groups -OCH3 is 1. The molecule has 0 saturated carbocycles. The number of hydrogen-bond acceptors (Lipinski definition) is 6. The topological polar surface area (TPSA) is 62.2 Å². The third-order valence-electron chi connectivity index (χ3n) is 5.85. The van der Waals surface area contributed by atoms with Crippen molar-refractivity contribution < 1.29 is 18.7 Å². The molecule has 176 valence electrons. The largest absolute Gasteiger partial charge is 0.466 e. The Hall–Kier alpha value is -3.39. The molecule has 0 spiro atoms. The van der Waals surface area contributed by atoms with E-state index < -0.39 is 17.8 Å². The summed E-state index contributed by atoms with van der Waals surface area (Å²) >= 11 is 1.37. The number of esters is 1. The first kappa shape index (κ1) is 23.8. The van der Waals surface area contributed by atoms with E-state index in [2.05, 4.69) is 4.99 Å². The standard InChI is InChI=1S/C26H26FN3O3S/c1-4-21-23(25(32)33-3)24(19-12-8-9-13-20(19)27)30-18(16-34-26(30)28-21)14-22(31)29(2)15-17-10-6-5-7-11-17/h5-13,16,24H,4,14-15H2,1-3H3/t24-/m1/s1. The zero-order valence-electron chi connectivity index (χ0n) is 19.3. The van der Waals surface area contributed by atoms with Gasteiger partial charge in [0.25, 0.3) is 0 Å². The second-order valence-corrected chi connectivity index (χ2v) is 8.87. The van der Waals surface area contributed by atoms with Crippen LogP contribution in [0.3, 0.4) is 0 Å². The molecule has 1 atom stereocenters. The van der Waals surface area contributed by atoms with Crippen LogP contribution < -0.4 is 0 Å². The first-order valence-corrected chi connectivity index (χ1v) is 11.9. The monoisotopic (exact) mass is 479 g/mol. The Kier molecular flexibility index (Phi) is 7.17. The molecule has 2 aromatic carbocycles. The van der Waals surface area contributed by atoms with Crippen LogP contribution in [0.25, 0.3) is 0 Å². The van der Waals surface area contributed by atoms with Crippen molar-refractivity contribution in [3.05, 3.63) is 93.9 Å². The SMILES string of the molecule is CCC1=C(C(=O)OC)[C@@H](c2ccccc2F)N2C(CC(=O)N(C)Cc3ccccc3)=CSC2=N1. The number of thioether (sulfide) groups is 1. The van der Waals surface area contributed by atoms with Crippen molar-refractivity contribution in [2.75, 3.05) is 14.2 Å². The van der Waals surface area contributed by atoms with Crippen LogP contribution in [-0.2, 0) is 20.9 Å². The Bertz CT molecular complexity index is 1190. The average Bonchev–Trinajstić information content (AvgIpc) is 3.25. The lowest BCUT2D eigenvalue weighted by molar-refractivity contribution is -0.136. The summed E-state index contributed by atoms with van der Waals surface area (Å²) in [5, 5.41) is 2.47. The Morgan fingerprint density at radius 1 is 1.15 bits per heavy atom. The molecular weight excluding hydrogens is 453 g/mol. The first-order chi connectivity index (χ1) is 16.4. The molecule has 0 bridgehead atoms. The minimum Gasteiger partial charge on any atom is -0.466 e. The third kappa shape index (κ3) is 4.63. The van der Waals surface area contributed by atoms with Gasteiger partial charge in [0, 0.05) is 24.9 Å². The molecule has 0 fully saturated rings. The van der Waals surface area contributed by atoms with Crippen LogP contribution in [0, 0.1) is 5.82 Å². The molecule has 0 unspecified atom stereocenters. The van der Waals surface area contributed by atoms with Crippen LogP contribution in [0.5, 0.6) is 0 Å². The number of ether oxygens (including phenoxy) is 1. The fraction of sp³-hybridized carbons (Fsp3) is 0.269. The third-order valence-corrected chi connectivity index (χ3v) is 6.74. The van der Waals surface area contributed by atoms with Crippen LogP contribution in [0.1, 0.15) is 36.9 Å². The summed E-state index contributed by atoms with van der Waals surface area (Å²) in [5.74, 6) is -1.08. The minimum atomic E-state index is -0.774. The van der Waals surface area contributed by atoms with Crippen molar-refractivity contribution in [2.45, 2.75) is 32.4 Å². The van der Waals surface area contributed by atoms with Gasteiger partial charge in [-0.1, -0.05) is 67.2 Å². The highest BCUT2D eigenvalue weighted by Crippen LogP contribution is 2.46. The van der Waals surface area contributed by atoms with E-state index in [-0.39, 0.29) is 17.9 Å². The number of amidine groups is 1. The fourth-order valence-corrected chi connectivity index (χ4v) is 5.08. The molecule has 4 rings (SSSR count). The zero-order chi connectivity index (χ0) is 24.2. The van der Waals surface area contributed by atoms with Crippen molar-refractivity contribution >= 4 is 28.8 Å². The van der Waals surface area contributed by atoms with Crippen molar-refractivity contribution in [1.82, 2.24) is 9.80 Å². The lowest BCUT2D eigenvalue weighted by Crippen LogP contribution is -2.38. The maximum absolute atomic E-state index is 15.0. The lowest BCUT2D eigenvalue weighted by atomic mass is 9.92. The van der Waals surface area contributed by atoms with Crippen LogP contribution in [-0.4, -0.2) is 41.0 Å². The quantitative estimate of drug-likeness (QED) is 0.523. The van der Waals surface area contributed by atoms with Crippen LogP contribution in [0.15, 0.2) is 82.0 Å². The van der Waals surface area contributed by atoms with Gasteiger partial charge in [-0.2, -0.15) is 0 Å². The number of allylic oxidation sites excluding steroid dienone is 1. The summed E-state index contributed by atoms with van der Waals surface area (Å²) < 4.78 is 20.1. The van der Waals surface area contributed by atoms with Gasteiger partial charge in [-0.05, 0) is 23.5 Å². The van der Waals surface area contributed by atoms with E-state index >= 15 is 4.39 Å². The van der Waals surface area contributed by atoms with E-state index in [0.29, 0.717) is 35.1 Å². The Morgan fingerprint density at radius 3 is 2.53 bits per heavy atom. The summed E-state index contributed by atoms with van der Waals surface area (Å²) in [6.45, 7) is 2.37. The molecule has 6 nitrogen and oxygen atoms in total. The number of benzene rings is 2. The normalized spacial score (nSPS) is 17.2. The molecule has 2 heterocycles. The molecule has 8 heteroatoms. The molecule has 0 radical (unpaired) electrons. The second kappa shape index (κ2) is 10.3. The Labute approximate surface area is 202 Å². The summed E-state index contributed by atoms with van der Waals surface area (Å²) in [7, 11) is 3.06. The summed E-state index contributed by atoms with van der Waals surface area (Å²) in [6, 6.07) is 15.3. The number of aliphatic imine (C=N–C) groups is 1. The first-order valence-electron chi connectivity index (χ1n) is 11.0. The van der Waals surface area contributed by atoms with E-state index in [9.17, 15) is 9.59 Å². The maximum atomic E-state index is 15.0. The van der Waals surface area contributed by atoms with E-state index in [1.807, 2.05) is 42.7 Å². The lowest BCUT2D eigenvalue weighted by Gasteiger charge is -2.37. The van der Waals surface area contributed by atoms with E-state index in [0.717, 1.165) is 5.56 Å². The van der Waals surface area contributed by atoms with E-state index in [1.165, 1.54) is 24.9 Å². The molecule has 34 heavy (non-hydrogen) atoms. The van der Waals surface area contributed by atoms with Gasteiger partial charge in [-0.15, -0.1) is 0 Å². The molecule has 0 aromatic heterocycles. The van der Waals surface area contributed by atoms with Crippen molar-refractivity contribution in [1.29, 1.82) is 0 Å². The van der Waals surface area contributed by atoms with Crippen molar-refractivity contribution in [3.63, 3.8) is 0 Å². The molecule has 0 aliphatic carbocycles. The molecular formula is C26H26FN3O3S. The Balaban J connectivity index is 1.67. The van der Waals surface area contributed by atoms with Crippen LogP contribution in [0.4, 0.5) is 4.39 Å². The Morgan fingerprint density at radius 2 is 1.85 bits per heavy atom. The number of halogens is 1. The number of rotatable bonds is 7. The number of carbonyl (C=O) groups excluding carboxylic acids is 2. The zero-order valence-corrected chi connectivity index (χ0v) is 20.1. The van der Waals surface area contributed by atoms with Crippen LogP contribution in [0.2, 0.25) is 0 Å². The summed E-state index contributed by atoms with van der Waals surface area (Å²) in [6.07, 6.45) is 0.581. The fourth-order valence-electron chi connectivity index (χ4n) is 4.14. The highest BCUT2D eigenvalue weighted by Gasteiger charge is 2.42. The smallest absolute Gasteiger partial charge is 0.338 e. The highest BCUT2D eigenvalue weighted by atomic mass is 32.2. The number of fused-ring (bicyclic) bond motifs is 1. The molecule has 0 saturated heterocycles. The predicted octanol–water partition coefficient (Wildman–Crippen LogP) is 5.01. The van der Waals surface area contributed by atoms with Gasteiger partial charge in [0.05, 0.1) is 30.8 Å². The number of nitrogens with zero attached hydrogens (tertiary/aromatic N) is 3. The van der Waals surface area contributed by atoms with Gasteiger partial charge in [-0.3, -0.25) is 4.79 Å². The van der Waals surface area contributed by atoms with Gasteiger partial charge >= 0.3 is 5.97 Å². The molecule has 0 N–H and O–H groups in total. The molecule has 1 amide bonds. The molecule has 2 aliphatic rings. The predicted molar refractivity (Wildman–Crippen MR) is 131 cm³/mol. The average molecular weight is 480 g/mol. The van der Waals surface area contributed by atoms with E-state index in [1.54, 1.807) is 35.0 Å². The van der Waals surface area contributed by atoms with Crippen molar-refractivity contribution in [2.24, 2.45) is 4.99 Å². The minimum absolute atomic E-state index is 0.0888. The molecule has 2 aromatic rings. The maximum Gasteiger partial charge on any atom is 0.338 e. The van der Waals surface area contributed by atoms with Gasteiger partial charge < -0.3 is 14.5 Å². The summed E-state index contributed by atoms with van der Waals surface area (Å²) in [5.41, 5.74) is 2.87. The van der Waals surface area contributed by atoms with Gasteiger partial charge in [0.15, 0.2) is 5.17 Å². The second-order valence-electron chi connectivity index (χ2n) is 8.03. The van der Waals surface area contributed by atoms with Crippen molar-refractivity contribution in [3.8, 4) is 0 Å². The van der Waals surface area contributed by atoms with Gasteiger partial charge in [-0.25, -0.2) is 14.2 Å². The number of amides is 1. The van der Waals surface area contributed by atoms with E-state index in [4.69, 9.17) is 4.74 Å². The summed E-state index contributed by atoms with van der Waals surface area (Å²) in [4.78, 5) is 34.1. The van der Waals surface area contributed by atoms with Crippen LogP contribution >= 0.6 is 11.8 Å². The molecule has 2 aliphatic heterocycles. The highest BCUT2D eigenvalue weighted by molar-refractivity contribution is 8.16.